The molecule has 0 saturated carbocycles. The fourth-order valence-electron chi connectivity index (χ4n) is 3.29. The maximum atomic E-state index is 13.4. The Balaban J connectivity index is 2.19. The molecule has 0 aliphatic carbocycles. The fourth-order valence-corrected chi connectivity index (χ4v) is 6.70. The molecule has 0 amide bonds. The zero-order valence-electron chi connectivity index (χ0n) is 13.9. The molecule has 6 heteroatoms. The molecule has 0 spiro atoms. The molecule has 0 bridgehead atoms. The topological polar surface area (TPSA) is 50.3 Å². The number of aromatic nitrogens is 1. The van der Waals surface area contributed by atoms with Crippen LogP contribution in [-0.4, -0.2) is 19.4 Å². The Morgan fingerprint density at radius 2 is 1.96 bits per heavy atom. The minimum absolute atomic E-state index is 0.0169. The molecule has 0 N–H and O–H groups in total. The lowest BCUT2D eigenvalue weighted by molar-refractivity contribution is 0.446. The molecule has 23 heavy (non-hydrogen) atoms. The maximum absolute atomic E-state index is 13.4. The van der Waals surface area contributed by atoms with Gasteiger partial charge in [-0.1, -0.05) is 32.0 Å². The van der Waals surface area contributed by atoms with Crippen LogP contribution in [0, 0.1) is 19.8 Å². The van der Waals surface area contributed by atoms with Crippen molar-refractivity contribution in [3.05, 3.63) is 40.5 Å². The Morgan fingerprint density at radius 1 is 1.26 bits per heavy atom. The molecule has 0 unspecified atom stereocenters. The summed E-state index contributed by atoms with van der Waals surface area (Å²) in [6, 6.07) is 7.82. The summed E-state index contributed by atoms with van der Waals surface area (Å²) in [7, 11) is -3.59. The van der Waals surface area contributed by atoms with Crippen LogP contribution < -0.4 is 4.31 Å². The van der Waals surface area contributed by atoms with E-state index in [9.17, 15) is 8.42 Å². The smallest absolute Gasteiger partial charge is 0.262 e. The number of nitrogens with zero attached hydrogens (tertiary/aromatic N) is 2. The minimum atomic E-state index is -3.59. The van der Waals surface area contributed by atoms with E-state index in [2.05, 4.69) is 18.8 Å². The van der Waals surface area contributed by atoms with Gasteiger partial charge in [-0.25, -0.2) is 13.4 Å². The van der Waals surface area contributed by atoms with E-state index in [4.69, 9.17) is 0 Å². The average Bonchev–Trinajstić information content (AvgIpc) is 2.85. The number of fused-ring (bicyclic) bond motifs is 1. The van der Waals surface area contributed by atoms with Gasteiger partial charge < -0.3 is 0 Å². The van der Waals surface area contributed by atoms with E-state index in [1.54, 1.807) is 11.2 Å². The molecule has 2 heterocycles. The molecule has 1 aromatic heterocycles. The van der Waals surface area contributed by atoms with Gasteiger partial charge in [-0.15, -0.1) is 11.3 Å². The molecule has 1 aromatic carbocycles. The van der Waals surface area contributed by atoms with Crippen molar-refractivity contribution in [2.24, 2.45) is 5.92 Å². The highest BCUT2D eigenvalue weighted by Crippen LogP contribution is 2.39. The number of rotatable bonds is 3. The standard InChI is InChI=1S/C17H22N2O2S2/c1-11(2)15-10-9-14-7-5-6-8-16(14)19(15)23(20,21)17-12(3)18-13(4)22-17/h5-8,11,15H,9-10H2,1-4H3/t15-/m1/s1. The summed E-state index contributed by atoms with van der Waals surface area (Å²) in [5, 5.41) is 0.785. The van der Waals surface area contributed by atoms with Crippen molar-refractivity contribution in [2.45, 2.75) is 50.8 Å². The fraction of sp³-hybridized carbons (Fsp3) is 0.471. The normalized spacial score (nSPS) is 18.3. The number of hydrogen-bond donors (Lipinski definition) is 0. The highest BCUT2D eigenvalue weighted by molar-refractivity contribution is 7.94. The molecule has 4 nitrogen and oxygen atoms in total. The lowest BCUT2D eigenvalue weighted by atomic mass is 9.91. The van der Waals surface area contributed by atoms with Crippen LogP contribution in [0.4, 0.5) is 5.69 Å². The largest absolute Gasteiger partial charge is 0.275 e. The Kier molecular flexibility index (Phi) is 4.23. The third kappa shape index (κ3) is 2.78. The highest BCUT2D eigenvalue weighted by Gasteiger charge is 2.39. The van der Waals surface area contributed by atoms with Crippen molar-refractivity contribution in [2.75, 3.05) is 4.31 Å². The molecule has 0 radical (unpaired) electrons. The number of thiazole rings is 1. The van der Waals surface area contributed by atoms with E-state index >= 15 is 0 Å². The second-order valence-electron chi connectivity index (χ2n) is 6.39. The number of anilines is 1. The summed E-state index contributed by atoms with van der Waals surface area (Å²) >= 11 is 1.26. The second kappa shape index (κ2) is 5.91. The number of para-hydroxylation sites is 1. The van der Waals surface area contributed by atoms with Crippen LogP contribution in [0.5, 0.6) is 0 Å². The molecule has 1 atom stereocenters. The van der Waals surface area contributed by atoms with E-state index in [0.717, 1.165) is 29.1 Å². The van der Waals surface area contributed by atoms with Crippen molar-refractivity contribution in [3.8, 4) is 0 Å². The summed E-state index contributed by atoms with van der Waals surface area (Å²) in [6.07, 6.45) is 1.77. The summed E-state index contributed by atoms with van der Waals surface area (Å²) in [5.41, 5.74) is 2.52. The summed E-state index contributed by atoms with van der Waals surface area (Å²) in [4.78, 5) is 4.31. The molecule has 124 valence electrons. The third-order valence-corrected chi connectivity index (χ3v) is 7.86. The van der Waals surface area contributed by atoms with Gasteiger partial charge in [0.25, 0.3) is 10.0 Å². The quantitative estimate of drug-likeness (QED) is 0.843. The van der Waals surface area contributed by atoms with Gasteiger partial charge in [0.05, 0.1) is 16.4 Å². The van der Waals surface area contributed by atoms with Gasteiger partial charge in [-0.05, 0) is 44.2 Å². The van der Waals surface area contributed by atoms with Gasteiger partial charge in [-0.3, -0.25) is 4.31 Å². The van der Waals surface area contributed by atoms with Gasteiger partial charge in [0.15, 0.2) is 4.21 Å². The van der Waals surface area contributed by atoms with Gasteiger partial charge in [-0.2, -0.15) is 0 Å². The first-order valence-electron chi connectivity index (χ1n) is 7.88. The van der Waals surface area contributed by atoms with Gasteiger partial charge in [0.2, 0.25) is 0 Å². The SMILES string of the molecule is Cc1nc(C)c(S(=O)(=O)N2c3ccccc3CC[C@@H]2C(C)C)s1. The third-order valence-electron chi connectivity index (χ3n) is 4.36. The Bertz CT molecular complexity index is 825. The molecule has 3 rings (SSSR count). The van der Waals surface area contributed by atoms with E-state index < -0.39 is 10.0 Å². The van der Waals surface area contributed by atoms with Crippen LogP contribution in [-0.2, 0) is 16.4 Å². The number of aryl methyl sites for hydroxylation is 3. The molecular weight excluding hydrogens is 328 g/mol. The minimum Gasteiger partial charge on any atom is -0.262 e. The Morgan fingerprint density at radius 3 is 2.57 bits per heavy atom. The molecular formula is C17H22N2O2S2. The predicted octanol–water partition coefficient (Wildman–Crippen LogP) is 3.93. The highest BCUT2D eigenvalue weighted by atomic mass is 32.2. The van der Waals surface area contributed by atoms with Crippen molar-refractivity contribution < 1.29 is 8.42 Å². The van der Waals surface area contributed by atoms with Crippen molar-refractivity contribution in [1.82, 2.24) is 4.98 Å². The zero-order valence-corrected chi connectivity index (χ0v) is 15.5. The second-order valence-corrected chi connectivity index (χ2v) is 9.60. The molecule has 1 aliphatic rings. The maximum Gasteiger partial charge on any atom is 0.275 e. The van der Waals surface area contributed by atoms with Crippen LogP contribution in [0.15, 0.2) is 28.5 Å². The first kappa shape index (κ1) is 16.5. The average molecular weight is 351 g/mol. The predicted molar refractivity (Wildman–Crippen MR) is 94.6 cm³/mol. The summed E-state index contributed by atoms with van der Waals surface area (Å²) < 4.78 is 28.8. The molecule has 0 saturated heterocycles. The van der Waals surface area contributed by atoms with E-state index in [0.29, 0.717) is 9.90 Å². The summed E-state index contributed by atoms with van der Waals surface area (Å²) in [6.45, 7) is 7.80. The van der Waals surface area contributed by atoms with Crippen LogP contribution in [0.2, 0.25) is 0 Å². The Labute approximate surface area is 142 Å². The molecule has 2 aromatic rings. The zero-order chi connectivity index (χ0) is 16.8. The molecule has 0 fully saturated rings. The molecule has 1 aliphatic heterocycles. The first-order valence-corrected chi connectivity index (χ1v) is 10.1. The van der Waals surface area contributed by atoms with E-state index in [-0.39, 0.29) is 12.0 Å². The van der Waals surface area contributed by atoms with Gasteiger partial charge >= 0.3 is 0 Å². The van der Waals surface area contributed by atoms with Crippen molar-refractivity contribution in [1.29, 1.82) is 0 Å². The lowest BCUT2D eigenvalue weighted by Crippen LogP contribution is -2.46. The number of sulfonamides is 1. The van der Waals surface area contributed by atoms with E-state index in [1.165, 1.54) is 11.3 Å². The van der Waals surface area contributed by atoms with Gasteiger partial charge in [0.1, 0.15) is 0 Å². The van der Waals surface area contributed by atoms with E-state index in [1.807, 2.05) is 31.2 Å². The van der Waals surface area contributed by atoms with Crippen LogP contribution in [0.25, 0.3) is 0 Å². The van der Waals surface area contributed by atoms with Crippen LogP contribution in [0.3, 0.4) is 0 Å². The van der Waals surface area contributed by atoms with Crippen LogP contribution in [0.1, 0.15) is 36.5 Å². The Hall–Kier alpha value is -1.40. The monoisotopic (exact) mass is 350 g/mol. The van der Waals surface area contributed by atoms with Crippen molar-refractivity contribution >= 4 is 27.0 Å². The summed E-state index contributed by atoms with van der Waals surface area (Å²) in [5.74, 6) is 0.257. The van der Waals surface area contributed by atoms with Crippen LogP contribution >= 0.6 is 11.3 Å². The first-order chi connectivity index (χ1) is 10.8. The van der Waals surface area contributed by atoms with Gasteiger partial charge in [0, 0.05) is 6.04 Å². The number of benzene rings is 1. The lowest BCUT2D eigenvalue weighted by Gasteiger charge is -2.39. The van der Waals surface area contributed by atoms with Crippen molar-refractivity contribution in [3.63, 3.8) is 0 Å². The number of hydrogen-bond acceptors (Lipinski definition) is 4.